The van der Waals surface area contributed by atoms with Gasteiger partial charge in [-0.05, 0) is 18.2 Å². The summed E-state index contributed by atoms with van der Waals surface area (Å²) in [5, 5.41) is 26.1. The number of aromatic nitrogens is 8. The molecular formula is C45H42I2N10O5Zn. The second-order valence-corrected chi connectivity index (χ2v) is 16.6. The van der Waals surface area contributed by atoms with E-state index < -0.39 is 18.0 Å². The molecule has 0 fully saturated rings. The van der Waals surface area contributed by atoms with Gasteiger partial charge in [-0.3, -0.25) is 0 Å². The van der Waals surface area contributed by atoms with Crippen LogP contribution in [0.25, 0.3) is 89.7 Å². The van der Waals surface area contributed by atoms with Gasteiger partial charge in [0, 0.05) is 68.6 Å². The summed E-state index contributed by atoms with van der Waals surface area (Å²) in [4.78, 5) is 60.1. The molecule has 0 aliphatic carbocycles. The third kappa shape index (κ3) is 10.0. The van der Waals surface area contributed by atoms with Gasteiger partial charge in [-0.2, -0.15) is 0 Å². The van der Waals surface area contributed by atoms with E-state index in [-0.39, 0.29) is 80.3 Å². The van der Waals surface area contributed by atoms with Crippen molar-refractivity contribution in [1.29, 1.82) is 0 Å². The van der Waals surface area contributed by atoms with Crippen molar-refractivity contribution in [1.82, 2.24) is 39.9 Å². The fourth-order valence-electron chi connectivity index (χ4n) is 8.09. The van der Waals surface area contributed by atoms with Crippen molar-refractivity contribution < 1.29 is 101 Å². The van der Waals surface area contributed by atoms with Gasteiger partial charge in [-0.25, -0.2) is 29.9 Å². The van der Waals surface area contributed by atoms with Crippen molar-refractivity contribution in [3.8, 4) is 51.3 Å². The van der Waals surface area contributed by atoms with Crippen LogP contribution in [-0.2, 0) is 29.1 Å². The number of ether oxygens (including phenoxy) is 1. The Morgan fingerprint density at radius 1 is 0.540 bits per heavy atom. The zero-order valence-electron chi connectivity index (χ0n) is 35.1. The molecule has 0 saturated carbocycles. The molecule has 18 heteroatoms. The van der Waals surface area contributed by atoms with E-state index in [4.69, 9.17) is 34.6 Å². The minimum Gasteiger partial charge on any atom is -1.00 e. The summed E-state index contributed by atoms with van der Waals surface area (Å²) in [5.41, 5.74) is 5.57. The first-order chi connectivity index (χ1) is 28.8. The Balaban J connectivity index is 0.00000220. The van der Waals surface area contributed by atoms with Crippen molar-refractivity contribution in [2.24, 2.45) is 0 Å². The fraction of sp³-hybridized carbons (Fsp3) is 0.244. The van der Waals surface area contributed by atoms with Gasteiger partial charge in [0.05, 0.1) is 41.3 Å². The van der Waals surface area contributed by atoms with Gasteiger partial charge in [0.25, 0.3) is 0 Å². The molecule has 9 rings (SSSR count). The smallest absolute Gasteiger partial charge is 1.00 e. The predicted octanol–water partition coefficient (Wildman–Crippen LogP) is -1.95. The van der Waals surface area contributed by atoms with Crippen LogP contribution in [-0.4, -0.2) is 121 Å². The Kier molecular flexibility index (Phi) is 14.3. The molecule has 8 bridgehead atoms. The second kappa shape index (κ2) is 19.0. The third-order valence-electron chi connectivity index (χ3n) is 11.1. The number of hydrogen-bond donors (Lipinski definition) is 2. The molecule has 2 aliphatic rings. The number of carboxylic acid groups (broad SMARTS) is 2. The number of fused-ring (bicyclic) bond motifs is 20. The number of hydrogen-bond acceptors (Lipinski definition) is 11. The molecule has 4 aromatic carbocycles. The molecule has 2 N–H and O–H groups in total. The number of aromatic amines is 2. The van der Waals surface area contributed by atoms with E-state index in [0.29, 0.717) is 86.8 Å². The number of benzene rings is 4. The quantitative estimate of drug-likeness (QED) is 0.0785. The summed E-state index contributed by atoms with van der Waals surface area (Å²) in [6, 6.07) is 29.4. The number of quaternary nitrogens is 2. The van der Waals surface area contributed by atoms with Gasteiger partial charge in [0.1, 0.15) is 41.4 Å². The Hall–Kier alpha value is -5.02. The van der Waals surface area contributed by atoms with Gasteiger partial charge in [0.15, 0.2) is 29.4 Å². The number of carbonyl (C=O) groups excluding carboxylic acids is 2. The zero-order chi connectivity index (χ0) is 41.8. The Bertz CT molecular complexity index is 3010. The van der Waals surface area contributed by atoms with Crippen LogP contribution >= 0.6 is 0 Å². The maximum atomic E-state index is 11.4. The Morgan fingerprint density at radius 3 is 1.27 bits per heavy atom. The number of carboxylic acids is 2. The SMILES string of the molecule is C[N+](C)(CCC(=O)[O-])CC(C[N+](C)(C)CCC(=O)[O-])Oc1ccc2c3nc4nc(nc5[nH]c(nc6nc(nc([nH]3)c2c1)-c1ccccc1-6)c1ccccc51)-c1ccccc1-4.[I-].[I-].[Zn+2]. The molecule has 0 radical (unpaired) electrons. The van der Waals surface area contributed by atoms with Gasteiger partial charge in [0.2, 0.25) is 0 Å². The first-order valence-corrected chi connectivity index (χ1v) is 19.7. The normalized spacial score (nSPS) is 11.9. The molecule has 0 spiro atoms. The zero-order valence-corrected chi connectivity index (χ0v) is 42.3. The Morgan fingerprint density at radius 2 is 0.889 bits per heavy atom. The van der Waals surface area contributed by atoms with Gasteiger partial charge >= 0.3 is 19.5 Å². The van der Waals surface area contributed by atoms with E-state index in [1.54, 1.807) is 0 Å². The van der Waals surface area contributed by atoms with E-state index in [2.05, 4.69) is 9.97 Å². The van der Waals surface area contributed by atoms with E-state index in [0.717, 1.165) is 43.8 Å². The first-order valence-electron chi connectivity index (χ1n) is 19.7. The van der Waals surface area contributed by atoms with Crippen molar-refractivity contribution in [3.05, 3.63) is 91.0 Å². The molecule has 0 amide bonds. The fourth-order valence-corrected chi connectivity index (χ4v) is 8.09. The summed E-state index contributed by atoms with van der Waals surface area (Å²) >= 11 is 0. The minimum absolute atomic E-state index is 0. The first kappa shape index (κ1) is 47.5. The number of carbonyl (C=O) groups is 2. The summed E-state index contributed by atoms with van der Waals surface area (Å²) in [7, 11) is 7.76. The largest absolute Gasteiger partial charge is 2.00 e. The van der Waals surface area contributed by atoms with Crippen molar-refractivity contribution >= 4 is 56.1 Å². The molecular weight excluding hydrogens is 1080 g/mol. The van der Waals surface area contributed by atoms with Crippen LogP contribution in [0.3, 0.4) is 0 Å². The molecule has 5 heterocycles. The van der Waals surface area contributed by atoms with Crippen LogP contribution in [0.15, 0.2) is 91.0 Å². The molecule has 0 unspecified atom stereocenters. The van der Waals surface area contributed by atoms with Crippen molar-refractivity contribution in [2.75, 3.05) is 54.4 Å². The standard InChI is InChI=1S/C45H42N10O5.2HI.Zn/c1-54(2,21-19-36(56)57)24-27(25-55(3,4)22-20-37(58)59)60-26-17-18-34-35(23-26)45-52-43-33-16-10-9-15-32(33)41(50-43)48-39-29-12-6-5-11-28(29)38(46-39)47-40-30-13-7-8-14-31(30)42(49-40)51-44(34)53-45;;;/h5-18,23,27H,19-22,24-25H2,1-4H3,(H2-2,46,47,48,49,50,51,52,53,56,57,58,59);2*1H;/q;;;+2/p-2. The second-order valence-electron chi connectivity index (χ2n) is 16.6. The van der Waals surface area contributed by atoms with Crippen LogP contribution in [0.2, 0.25) is 0 Å². The third-order valence-corrected chi connectivity index (χ3v) is 11.1. The average molecular weight is 1120 g/mol. The summed E-state index contributed by atoms with van der Waals surface area (Å²) in [6.45, 7) is 1.54. The average Bonchev–Trinajstić information content (AvgIpc) is 3.95. The van der Waals surface area contributed by atoms with Crippen LogP contribution in [0, 0.1) is 0 Å². The maximum absolute atomic E-state index is 11.4. The molecule has 318 valence electrons. The summed E-state index contributed by atoms with van der Waals surface area (Å²) in [6.07, 6.45) is -0.661. The molecule has 15 nitrogen and oxygen atoms in total. The van der Waals surface area contributed by atoms with E-state index in [9.17, 15) is 19.8 Å². The summed E-state index contributed by atoms with van der Waals surface area (Å²) < 4.78 is 7.46. The van der Waals surface area contributed by atoms with Crippen LogP contribution in [0.1, 0.15) is 12.8 Å². The van der Waals surface area contributed by atoms with E-state index in [1.807, 2.05) is 119 Å². The van der Waals surface area contributed by atoms with Gasteiger partial charge in [-0.1, -0.05) is 72.8 Å². The molecule has 0 saturated heterocycles. The number of halogens is 2. The van der Waals surface area contributed by atoms with Crippen LogP contribution < -0.4 is 62.9 Å². The minimum atomic E-state index is -1.12. The van der Waals surface area contributed by atoms with Crippen LogP contribution in [0.5, 0.6) is 5.75 Å². The molecule has 7 aromatic rings. The van der Waals surface area contributed by atoms with Gasteiger partial charge in [-0.15, -0.1) is 0 Å². The van der Waals surface area contributed by atoms with E-state index >= 15 is 0 Å². The van der Waals surface area contributed by atoms with Crippen molar-refractivity contribution in [3.63, 3.8) is 0 Å². The summed E-state index contributed by atoms with van der Waals surface area (Å²) in [5.74, 6) is 0.265. The van der Waals surface area contributed by atoms with E-state index in [1.165, 1.54) is 0 Å². The molecule has 2 aliphatic heterocycles. The van der Waals surface area contributed by atoms with Crippen molar-refractivity contribution in [2.45, 2.75) is 18.9 Å². The van der Waals surface area contributed by atoms with Crippen LogP contribution in [0.4, 0.5) is 0 Å². The number of rotatable bonds is 12. The monoisotopic (exact) mass is 1120 g/mol. The topological polar surface area (TPSA) is 198 Å². The predicted molar refractivity (Wildman–Crippen MR) is 223 cm³/mol. The molecule has 3 aromatic heterocycles. The number of H-pyrrole nitrogens is 2. The maximum Gasteiger partial charge on any atom is 2.00 e. The number of likely N-dealkylation sites (N-methyl/N-ethyl adjacent to an activating group) is 2. The number of nitrogens with zero attached hydrogens (tertiary/aromatic N) is 8. The van der Waals surface area contributed by atoms with Gasteiger partial charge < -0.3 is 91.4 Å². The molecule has 63 heavy (non-hydrogen) atoms. The number of aliphatic carboxylic acids is 2. The number of nitrogens with one attached hydrogen (secondary N) is 2. The Labute approximate surface area is 409 Å². The molecule has 0 atom stereocenters.